The van der Waals surface area contributed by atoms with Crippen molar-refractivity contribution in [2.24, 2.45) is 5.92 Å². The van der Waals surface area contributed by atoms with E-state index >= 15 is 0 Å². The molecular formula is C24H37N3O3. The van der Waals surface area contributed by atoms with Crippen LogP contribution < -0.4 is 4.74 Å². The van der Waals surface area contributed by atoms with Crippen LogP contribution in [0.3, 0.4) is 0 Å². The van der Waals surface area contributed by atoms with Gasteiger partial charge in [0, 0.05) is 50.4 Å². The van der Waals surface area contributed by atoms with Gasteiger partial charge in [-0.25, -0.2) is 0 Å². The van der Waals surface area contributed by atoms with Gasteiger partial charge >= 0.3 is 0 Å². The van der Waals surface area contributed by atoms with Gasteiger partial charge in [-0.2, -0.15) is 0 Å². The normalized spacial score (nSPS) is 23.0. The van der Waals surface area contributed by atoms with Crippen LogP contribution >= 0.6 is 0 Å². The molecule has 0 aliphatic carbocycles. The van der Waals surface area contributed by atoms with Crippen LogP contribution in [0.15, 0.2) is 24.3 Å². The van der Waals surface area contributed by atoms with E-state index in [1.807, 2.05) is 9.80 Å². The molecule has 0 aromatic heterocycles. The second-order valence-electron chi connectivity index (χ2n) is 9.23. The van der Waals surface area contributed by atoms with Crippen molar-refractivity contribution in [1.29, 1.82) is 0 Å². The van der Waals surface area contributed by atoms with Crippen LogP contribution in [0.5, 0.6) is 5.75 Å². The summed E-state index contributed by atoms with van der Waals surface area (Å²) in [5.74, 6) is 1.37. The van der Waals surface area contributed by atoms with Crippen LogP contribution in [0.4, 0.5) is 0 Å². The van der Waals surface area contributed by atoms with Crippen LogP contribution in [0.25, 0.3) is 0 Å². The molecule has 0 radical (unpaired) electrons. The number of amides is 2. The predicted molar refractivity (Wildman–Crippen MR) is 119 cm³/mol. The molecule has 6 nitrogen and oxygen atoms in total. The number of rotatable bonds is 6. The SMILES string of the molecule is CC(C)CN1CCN(C(=O)c2ccc(OCC(=O)N3C(C)CCCC3C)cc2)CC1. The van der Waals surface area contributed by atoms with Crippen LogP contribution in [0.2, 0.25) is 0 Å². The van der Waals surface area contributed by atoms with Crippen molar-refractivity contribution in [3.63, 3.8) is 0 Å². The number of carbonyl (C=O) groups is 2. The van der Waals surface area contributed by atoms with Gasteiger partial charge < -0.3 is 14.5 Å². The first kappa shape index (κ1) is 22.6. The maximum atomic E-state index is 12.8. The van der Waals surface area contributed by atoms with E-state index in [2.05, 4.69) is 32.6 Å². The molecular weight excluding hydrogens is 378 g/mol. The molecule has 2 aliphatic heterocycles. The molecule has 2 amide bonds. The van der Waals surface area contributed by atoms with E-state index in [0.29, 0.717) is 17.2 Å². The molecule has 1 aromatic carbocycles. The lowest BCUT2D eigenvalue weighted by molar-refractivity contribution is -0.139. The van der Waals surface area contributed by atoms with Gasteiger partial charge in [-0.1, -0.05) is 13.8 Å². The van der Waals surface area contributed by atoms with Crippen LogP contribution in [0.1, 0.15) is 57.3 Å². The fourth-order valence-corrected chi connectivity index (χ4v) is 4.66. The molecule has 30 heavy (non-hydrogen) atoms. The number of piperazine rings is 1. The minimum absolute atomic E-state index is 0.0362. The Balaban J connectivity index is 1.49. The van der Waals surface area contributed by atoms with Gasteiger partial charge in [0.2, 0.25) is 0 Å². The number of benzene rings is 1. The number of carbonyl (C=O) groups excluding carboxylic acids is 2. The summed E-state index contributed by atoms with van der Waals surface area (Å²) < 4.78 is 5.73. The zero-order valence-electron chi connectivity index (χ0n) is 19.0. The van der Waals surface area contributed by atoms with Gasteiger partial charge in [-0.3, -0.25) is 14.5 Å². The molecule has 0 saturated carbocycles. The third-order valence-electron chi connectivity index (χ3n) is 6.23. The van der Waals surface area contributed by atoms with Crippen LogP contribution in [0, 0.1) is 5.92 Å². The lowest BCUT2D eigenvalue weighted by Gasteiger charge is -2.39. The first-order chi connectivity index (χ1) is 14.3. The largest absolute Gasteiger partial charge is 0.484 e. The van der Waals surface area contributed by atoms with Crippen molar-refractivity contribution in [2.45, 2.75) is 59.0 Å². The molecule has 2 heterocycles. The molecule has 166 valence electrons. The maximum absolute atomic E-state index is 12.8. The lowest BCUT2D eigenvalue weighted by atomic mass is 9.97. The number of hydrogen-bond acceptors (Lipinski definition) is 4. The van der Waals surface area contributed by atoms with Crippen LogP contribution in [-0.4, -0.2) is 77.9 Å². The third kappa shape index (κ3) is 5.75. The minimum atomic E-state index is 0.0362. The highest BCUT2D eigenvalue weighted by Gasteiger charge is 2.29. The molecule has 2 atom stereocenters. The van der Waals surface area contributed by atoms with Crippen molar-refractivity contribution >= 4 is 11.8 Å². The first-order valence-corrected chi connectivity index (χ1v) is 11.4. The Bertz CT molecular complexity index is 701. The monoisotopic (exact) mass is 415 g/mol. The maximum Gasteiger partial charge on any atom is 0.260 e. The summed E-state index contributed by atoms with van der Waals surface area (Å²) in [5, 5.41) is 0. The van der Waals surface area contributed by atoms with Gasteiger partial charge in [-0.15, -0.1) is 0 Å². The Morgan fingerprint density at radius 2 is 1.60 bits per heavy atom. The highest BCUT2D eigenvalue weighted by atomic mass is 16.5. The molecule has 3 rings (SSSR count). The van der Waals surface area contributed by atoms with Gasteiger partial charge in [0.05, 0.1) is 0 Å². The van der Waals surface area contributed by atoms with Crippen molar-refractivity contribution in [1.82, 2.24) is 14.7 Å². The zero-order valence-corrected chi connectivity index (χ0v) is 19.0. The van der Waals surface area contributed by atoms with Gasteiger partial charge in [0.15, 0.2) is 6.61 Å². The number of ether oxygens (including phenoxy) is 1. The summed E-state index contributed by atoms with van der Waals surface area (Å²) in [4.78, 5) is 31.7. The smallest absolute Gasteiger partial charge is 0.260 e. The average Bonchev–Trinajstić information content (AvgIpc) is 2.72. The van der Waals surface area contributed by atoms with E-state index < -0.39 is 0 Å². The molecule has 2 fully saturated rings. The number of piperidine rings is 1. The molecule has 6 heteroatoms. The summed E-state index contributed by atoms with van der Waals surface area (Å²) in [7, 11) is 0. The Hall–Kier alpha value is -2.08. The highest BCUT2D eigenvalue weighted by molar-refractivity contribution is 5.94. The van der Waals surface area contributed by atoms with Gasteiger partial charge in [0.25, 0.3) is 11.8 Å². The number of nitrogens with zero attached hydrogens (tertiary/aromatic N) is 3. The molecule has 0 bridgehead atoms. The fourth-order valence-electron chi connectivity index (χ4n) is 4.66. The molecule has 2 aliphatic rings. The van der Waals surface area contributed by atoms with Gasteiger partial charge in [0.1, 0.15) is 5.75 Å². The summed E-state index contributed by atoms with van der Waals surface area (Å²) in [5.41, 5.74) is 0.671. The Kier molecular flexibility index (Phi) is 7.75. The highest BCUT2D eigenvalue weighted by Crippen LogP contribution is 2.23. The second kappa shape index (κ2) is 10.3. The molecule has 0 spiro atoms. The molecule has 0 N–H and O–H groups in total. The lowest BCUT2D eigenvalue weighted by Crippen LogP contribution is -2.49. The summed E-state index contributed by atoms with van der Waals surface area (Å²) >= 11 is 0. The summed E-state index contributed by atoms with van der Waals surface area (Å²) in [6.07, 6.45) is 3.28. The van der Waals surface area contributed by atoms with Gasteiger partial charge in [-0.05, 0) is 63.3 Å². The van der Waals surface area contributed by atoms with Crippen molar-refractivity contribution < 1.29 is 14.3 Å². The van der Waals surface area contributed by atoms with Crippen molar-refractivity contribution in [3.8, 4) is 5.75 Å². The Morgan fingerprint density at radius 1 is 1.00 bits per heavy atom. The number of likely N-dealkylation sites (tertiary alicyclic amines) is 1. The molecule has 2 saturated heterocycles. The van der Waals surface area contributed by atoms with E-state index in [0.717, 1.165) is 45.6 Å². The van der Waals surface area contributed by atoms with E-state index in [4.69, 9.17) is 4.74 Å². The minimum Gasteiger partial charge on any atom is -0.484 e. The number of hydrogen-bond donors (Lipinski definition) is 0. The second-order valence-corrected chi connectivity index (χ2v) is 9.23. The summed E-state index contributed by atoms with van der Waals surface area (Å²) in [6, 6.07) is 7.72. The summed E-state index contributed by atoms with van der Waals surface area (Å²) in [6.45, 7) is 13.2. The molecule has 1 aromatic rings. The third-order valence-corrected chi connectivity index (χ3v) is 6.23. The van der Waals surface area contributed by atoms with E-state index in [-0.39, 0.29) is 30.5 Å². The van der Waals surface area contributed by atoms with Crippen LogP contribution in [-0.2, 0) is 4.79 Å². The van der Waals surface area contributed by atoms with E-state index in [1.54, 1.807) is 24.3 Å². The van der Waals surface area contributed by atoms with Crippen molar-refractivity contribution in [2.75, 3.05) is 39.3 Å². The molecule has 2 unspecified atom stereocenters. The fraction of sp³-hybridized carbons (Fsp3) is 0.667. The van der Waals surface area contributed by atoms with Crippen molar-refractivity contribution in [3.05, 3.63) is 29.8 Å². The first-order valence-electron chi connectivity index (χ1n) is 11.4. The topological polar surface area (TPSA) is 53.1 Å². The Labute approximate surface area is 181 Å². The average molecular weight is 416 g/mol. The standard InChI is InChI=1S/C24H37N3O3/c1-18(2)16-25-12-14-26(15-13-25)24(29)21-8-10-22(11-9-21)30-17-23(28)27-19(3)6-5-7-20(27)4/h8-11,18-20H,5-7,12-17H2,1-4H3. The van der Waals surface area contributed by atoms with E-state index in [1.165, 1.54) is 6.42 Å². The quantitative estimate of drug-likeness (QED) is 0.716. The van der Waals surface area contributed by atoms with E-state index in [9.17, 15) is 9.59 Å². The Morgan fingerprint density at radius 3 is 2.17 bits per heavy atom. The predicted octanol–water partition coefficient (Wildman–Crippen LogP) is 3.27. The zero-order chi connectivity index (χ0) is 21.7.